The number of nitrogens with zero attached hydrogens (tertiary/aromatic N) is 1. The first kappa shape index (κ1) is 11.7. The molecule has 1 aromatic rings. The molecule has 0 unspecified atom stereocenters. The molecule has 0 radical (unpaired) electrons. The largest absolute Gasteiger partial charge is 0.338 e. The van der Waals surface area contributed by atoms with Crippen LogP contribution in [-0.2, 0) is 11.3 Å². The van der Waals surface area contributed by atoms with Gasteiger partial charge in [0.05, 0.1) is 10.3 Å². The molecule has 0 aliphatic carbocycles. The maximum atomic E-state index is 11.5. The normalized spacial score (nSPS) is 10.2. The number of amides is 1. The number of carbonyl (C=O) groups excluding carboxylic acids is 1. The third kappa shape index (κ3) is 3.10. The average Bonchev–Trinajstić information content (AvgIpc) is 2.59. The minimum absolute atomic E-state index is 0.219. The van der Waals surface area contributed by atoms with Crippen LogP contribution >= 0.6 is 27.3 Å². The van der Waals surface area contributed by atoms with Crippen molar-refractivity contribution >= 4 is 33.2 Å². The van der Waals surface area contributed by atoms with Crippen LogP contribution in [0.3, 0.4) is 0 Å². The smallest absolute Gasteiger partial charge is 0.222 e. The Hall–Kier alpha value is -0.350. The fourth-order valence-electron chi connectivity index (χ4n) is 1.22. The second kappa shape index (κ2) is 5.51. The summed E-state index contributed by atoms with van der Waals surface area (Å²) < 4.78 is 1.12. The molecule has 0 aliphatic heterocycles. The summed E-state index contributed by atoms with van der Waals surface area (Å²) in [6.45, 7) is 5.42. The summed E-state index contributed by atoms with van der Waals surface area (Å²) in [5, 5.41) is 0. The predicted octanol–water partition coefficient (Wildman–Crippen LogP) is 3.27. The van der Waals surface area contributed by atoms with Crippen molar-refractivity contribution in [2.24, 2.45) is 0 Å². The first-order valence-electron chi connectivity index (χ1n) is 4.69. The maximum absolute atomic E-state index is 11.5. The van der Waals surface area contributed by atoms with E-state index in [-0.39, 0.29) is 5.91 Å². The highest BCUT2D eigenvalue weighted by atomic mass is 79.9. The Bertz CT molecular complexity index is 311. The Morgan fingerprint density at radius 3 is 2.64 bits per heavy atom. The van der Waals surface area contributed by atoms with E-state index in [9.17, 15) is 4.79 Å². The van der Waals surface area contributed by atoms with Gasteiger partial charge in [-0.1, -0.05) is 6.92 Å². The van der Waals surface area contributed by atoms with Crippen LogP contribution in [0.25, 0.3) is 0 Å². The molecule has 0 saturated carbocycles. The average molecular weight is 276 g/mol. The summed E-state index contributed by atoms with van der Waals surface area (Å²) in [6, 6.07) is 4.07. The number of thiophene rings is 1. The maximum Gasteiger partial charge on any atom is 0.222 e. The molecular weight excluding hydrogens is 262 g/mol. The molecule has 0 aliphatic rings. The third-order valence-corrected chi connectivity index (χ3v) is 3.62. The molecule has 0 atom stereocenters. The van der Waals surface area contributed by atoms with Gasteiger partial charge in [0.15, 0.2) is 0 Å². The zero-order valence-corrected chi connectivity index (χ0v) is 10.8. The monoisotopic (exact) mass is 275 g/mol. The van der Waals surface area contributed by atoms with Gasteiger partial charge in [-0.3, -0.25) is 4.79 Å². The van der Waals surface area contributed by atoms with Gasteiger partial charge in [0.2, 0.25) is 5.91 Å². The van der Waals surface area contributed by atoms with Crippen LogP contribution in [-0.4, -0.2) is 17.4 Å². The first-order chi connectivity index (χ1) is 6.67. The molecular formula is C10H14BrNOS. The van der Waals surface area contributed by atoms with E-state index in [1.165, 1.54) is 4.88 Å². The van der Waals surface area contributed by atoms with Crippen LogP contribution < -0.4 is 0 Å². The third-order valence-electron chi connectivity index (χ3n) is 2.01. The highest BCUT2D eigenvalue weighted by molar-refractivity contribution is 9.11. The van der Waals surface area contributed by atoms with E-state index in [1.807, 2.05) is 24.8 Å². The fourth-order valence-corrected chi connectivity index (χ4v) is 2.72. The second-order valence-corrected chi connectivity index (χ2v) is 5.51. The van der Waals surface area contributed by atoms with Crippen LogP contribution in [0.1, 0.15) is 25.1 Å². The van der Waals surface area contributed by atoms with Crippen molar-refractivity contribution in [3.63, 3.8) is 0 Å². The quantitative estimate of drug-likeness (QED) is 0.826. The van der Waals surface area contributed by atoms with Gasteiger partial charge in [0, 0.05) is 17.8 Å². The molecule has 0 N–H and O–H groups in total. The van der Waals surface area contributed by atoms with E-state index in [0.29, 0.717) is 6.42 Å². The van der Waals surface area contributed by atoms with E-state index in [4.69, 9.17) is 0 Å². The van der Waals surface area contributed by atoms with Gasteiger partial charge in [-0.2, -0.15) is 0 Å². The van der Waals surface area contributed by atoms with Crippen LogP contribution in [0.4, 0.5) is 0 Å². The number of rotatable bonds is 4. The predicted molar refractivity (Wildman–Crippen MR) is 63.4 cm³/mol. The summed E-state index contributed by atoms with van der Waals surface area (Å²) in [7, 11) is 0. The highest BCUT2D eigenvalue weighted by Gasteiger charge is 2.10. The zero-order chi connectivity index (χ0) is 10.6. The lowest BCUT2D eigenvalue weighted by Crippen LogP contribution is -2.29. The van der Waals surface area contributed by atoms with Crippen molar-refractivity contribution in [3.8, 4) is 0 Å². The Morgan fingerprint density at radius 2 is 2.21 bits per heavy atom. The Balaban J connectivity index is 2.61. The molecule has 0 bridgehead atoms. The van der Waals surface area contributed by atoms with Gasteiger partial charge in [-0.05, 0) is 35.0 Å². The van der Waals surface area contributed by atoms with Crippen molar-refractivity contribution in [1.29, 1.82) is 0 Å². The number of hydrogen-bond acceptors (Lipinski definition) is 2. The number of carbonyl (C=O) groups is 1. The lowest BCUT2D eigenvalue weighted by atomic mass is 10.3. The summed E-state index contributed by atoms with van der Waals surface area (Å²) >= 11 is 5.10. The van der Waals surface area contributed by atoms with Crippen molar-refractivity contribution in [3.05, 3.63) is 20.8 Å². The van der Waals surface area contributed by atoms with Crippen molar-refractivity contribution in [2.45, 2.75) is 26.8 Å². The van der Waals surface area contributed by atoms with Crippen LogP contribution in [0, 0.1) is 0 Å². The van der Waals surface area contributed by atoms with E-state index in [1.54, 1.807) is 11.3 Å². The minimum atomic E-state index is 0.219. The van der Waals surface area contributed by atoms with E-state index in [2.05, 4.69) is 22.0 Å². The van der Waals surface area contributed by atoms with Crippen LogP contribution in [0.15, 0.2) is 15.9 Å². The lowest BCUT2D eigenvalue weighted by Gasteiger charge is -2.19. The van der Waals surface area contributed by atoms with Gasteiger partial charge in [0.1, 0.15) is 0 Å². The molecule has 0 saturated heterocycles. The topological polar surface area (TPSA) is 20.3 Å². The molecule has 1 heterocycles. The SMILES string of the molecule is CCC(=O)N(CC)Cc1ccc(Br)s1. The summed E-state index contributed by atoms with van der Waals surface area (Å²) in [4.78, 5) is 14.6. The molecule has 4 heteroatoms. The highest BCUT2D eigenvalue weighted by Crippen LogP contribution is 2.23. The van der Waals surface area contributed by atoms with Crippen LogP contribution in [0.2, 0.25) is 0 Å². The molecule has 1 amide bonds. The second-order valence-electron chi connectivity index (χ2n) is 2.97. The number of hydrogen-bond donors (Lipinski definition) is 0. The van der Waals surface area contributed by atoms with Gasteiger partial charge in [0.25, 0.3) is 0 Å². The van der Waals surface area contributed by atoms with Gasteiger partial charge >= 0.3 is 0 Å². The van der Waals surface area contributed by atoms with Gasteiger partial charge in [-0.25, -0.2) is 0 Å². The molecule has 1 aromatic heterocycles. The number of halogens is 1. The van der Waals surface area contributed by atoms with Crippen LogP contribution in [0.5, 0.6) is 0 Å². The first-order valence-corrected chi connectivity index (χ1v) is 6.30. The van der Waals surface area contributed by atoms with Gasteiger partial charge < -0.3 is 4.90 Å². The molecule has 0 fully saturated rings. The summed E-state index contributed by atoms with van der Waals surface area (Å²) in [6.07, 6.45) is 0.584. The molecule has 0 aromatic carbocycles. The fraction of sp³-hybridized carbons (Fsp3) is 0.500. The molecule has 78 valence electrons. The summed E-state index contributed by atoms with van der Waals surface area (Å²) in [5.74, 6) is 0.219. The Kier molecular flexibility index (Phi) is 4.62. The van der Waals surface area contributed by atoms with Crippen molar-refractivity contribution in [1.82, 2.24) is 4.90 Å². The zero-order valence-electron chi connectivity index (χ0n) is 8.42. The van der Waals surface area contributed by atoms with E-state index < -0.39 is 0 Å². The Labute approximate surface area is 97.1 Å². The standard InChI is InChI=1S/C10H14BrNOS/c1-3-10(13)12(4-2)7-8-5-6-9(11)14-8/h5-6H,3-4,7H2,1-2H3. The Morgan fingerprint density at radius 1 is 1.50 bits per heavy atom. The van der Waals surface area contributed by atoms with E-state index >= 15 is 0 Å². The molecule has 1 rings (SSSR count). The molecule has 14 heavy (non-hydrogen) atoms. The summed E-state index contributed by atoms with van der Waals surface area (Å²) in [5.41, 5.74) is 0. The molecule has 2 nitrogen and oxygen atoms in total. The molecule has 0 spiro atoms. The lowest BCUT2D eigenvalue weighted by molar-refractivity contribution is -0.131. The van der Waals surface area contributed by atoms with Crippen molar-refractivity contribution in [2.75, 3.05) is 6.54 Å². The van der Waals surface area contributed by atoms with Crippen molar-refractivity contribution < 1.29 is 4.79 Å². The minimum Gasteiger partial charge on any atom is -0.338 e. The van der Waals surface area contributed by atoms with Gasteiger partial charge in [-0.15, -0.1) is 11.3 Å². The van der Waals surface area contributed by atoms with E-state index in [0.717, 1.165) is 16.9 Å².